The summed E-state index contributed by atoms with van der Waals surface area (Å²) in [4.78, 5) is 12.3. The minimum atomic E-state index is -4.87. The number of anilines is 1. The highest BCUT2D eigenvalue weighted by Crippen LogP contribution is 2.34. The molecule has 1 amide bonds. The Morgan fingerprint density at radius 3 is 2.56 bits per heavy atom. The lowest BCUT2D eigenvalue weighted by Crippen LogP contribution is -2.27. The topological polar surface area (TPSA) is 74.7 Å². The molecule has 0 bridgehead atoms. The van der Waals surface area contributed by atoms with Crippen LogP contribution >= 0.6 is 0 Å². The summed E-state index contributed by atoms with van der Waals surface area (Å²) in [5.74, 6) is -2.12. The first-order valence-electron chi connectivity index (χ1n) is 5.02. The summed E-state index contributed by atoms with van der Waals surface area (Å²) < 4.78 is 47.7. The summed E-state index contributed by atoms with van der Waals surface area (Å²) >= 11 is 0. The molecule has 1 aromatic carbocycles. The van der Waals surface area contributed by atoms with Crippen molar-refractivity contribution in [3.63, 3.8) is 0 Å². The first-order chi connectivity index (χ1) is 8.30. The number of phenols is 1. The zero-order valence-electron chi connectivity index (χ0n) is 9.01. The number of halogens is 2. The second kappa shape index (κ2) is 4.20. The smallest absolute Gasteiger partial charge is 0.307 e. The van der Waals surface area contributed by atoms with E-state index in [9.17, 15) is 26.6 Å². The minimum absolute atomic E-state index is 0.423. The largest absolute Gasteiger partial charge is 0.506 e. The van der Waals surface area contributed by atoms with Gasteiger partial charge < -0.3 is 10.0 Å². The normalized spacial score (nSPS) is 20.4. The Balaban J connectivity index is 2.39. The summed E-state index contributed by atoms with van der Waals surface area (Å²) in [6, 6.07) is 3.40. The molecule has 1 aliphatic rings. The molecule has 2 rings (SSSR count). The minimum Gasteiger partial charge on any atom is -0.506 e. The van der Waals surface area contributed by atoms with Crippen LogP contribution in [0.4, 0.5) is 14.0 Å². The number of rotatable bonds is 2. The van der Waals surface area contributed by atoms with Gasteiger partial charge in [-0.1, -0.05) is 6.07 Å². The number of phenolic OH excluding ortho intramolecular Hbond substituents is 1. The first-order valence-corrected chi connectivity index (χ1v) is 6.46. The predicted octanol–water partition coefficient (Wildman–Crippen LogP) is 0.936. The van der Waals surface area contributed by atoms with Crippen molar-refractivity contribution in [3.05, 3.63) is 24.0 Å². The molecule has 1 N–H and O–H groups in total. The molecule has 1 atom stereocenters. The highest BCUT2D eigenvalue weighted by Gasteiger charge is 2.40. The number of nitrogens with zero attached hydrogens (tertiary/aromatic N) is 1. The van der Waals surface area contributed by atoms with E-state index in [1.165, 1.54) is 6.07 Å². The molecule has 5 nitrogen and oxygen atoms in total. The van der Waals surface area contributed by atoms with Gasteiger partial charge in [-0.15, -0.1) is 3.89 Å². The van der Waals surface area contributed by atoms with E-state index in [1.54, 1.807) is 0 Å². The lowest BCUT2D eigenvalue weighted by atomic mass is 10.2. The predicted molar refractivity (Wildman–Crippen MR) is 58.9 cm³/mol. The Morgan fingerprint density at radius 1 is 1.39 bits per heavy atom. The van der Waals surface area contributed by atoms with E-state index in [-0.39, 0.29) is 0 Å². The standard InChI is InChI=1S/C10H9F2NO4S/c11-7-2-1-3-8(14)10(7)13-5-6(4-9(13)15)18(12,16)17/h1-3,6,14H,4-5H2. The molecule has 1 aromatic rings. The fourth-order valence-corrected chi connectivity index (χ4v) is 2.52. The molecule has 0 aliphatic carbocycles. The van der Waals surface area contributed by atoms with E-state index in [1.807, 2.05) is 0 Å². The van der Waals surface area contributed by atoms with Crippen molar-refractivity contribution in [2.24, 2.45) is 0 Å². The Kier molecular flexibility index (Phi) is 2.97. The van der Waals surface area contributed by atoms with E-state index in [4.69, 9.17) is 0 Å². The molecular weight excluding hydrogens is 268 g/mol. The van der Waals surface area contributed by atoms with E-state index < -0.39 is 51.6 Å². The number of benzene rings is 1. The van der Waals surface area contributed by atoms with Gasteiger partial charge in [0, 0.05) is 13.0 Å². The van der Waals surface area contributed by atoms with E-state index in [2.05, 4.69) is 0 Å². The Hall–Kier alpha value is -1.70. The third kappa shape index (κ3) is 2.15. The lowest BCUT2D eigenvalue weighted by Gasteiger charge is -2.17. The molecule has 18 heavy (non-hydrogen) atoms. The van der Waals surface area contributed by atoms with Crippen molar-refractivity contribution in [1.82, 2.24) is 0 Å². The number of para-hydroxylation sites is 1. The maximum Gasteiger partial charge on any atom is 0.307 e. The zero-order valence-corrected chi connectivity index (χ0v) is 9.82. The fourth-order valence-electron chi connectivity index (χ4n) is 1.85. The van der Waals surface area contributed by atoms with Gasteiger partial charge in [-0.2, -0.15) is 8.42 Å². The quantitative estimate of drug-likeness (QED) is 0.816. The Bertz CT molecular complexity index is 582. The van der Waals surface area contributed by atoms with Crippen LogP contribution in [0.3, 0.4) is 0 Å². The van der Waals surface area contributed by atoms with Crippen LogP contribution < -0.4 is 4.90 Å². The number of amides is 1. The van der Waals surface area contributed by atoms with Crippen molar-refractivity contribution in [2.45, 2.75) is 11.7 Å². The molecule has 0 aromatic heterocycles. The Morgan fingerprint density at radius 2 is 2.06 bits per heavy atom. The molecule has 1 fully saturated rings. The summed E-state index contributed by atoms with van der Waals surface area (Å²) in [5, 5.41) is 7.96. The van der Waals surface area contributed by atoms with E-state index in [0.29, 0.717) is 0 Å². The van der Waals surface area contributed by atoms with E-state index in [0.717, 1.165) is 17.0 Å². The van der Waals surface area contributed by atoms with Crippen LogP contribution in [0.1, 0.15) is 6.42 Å². The summed E-state index contributed by atoms with van der Waals surface area (Å²) in [5.41, 5.74) is -0.423. The maximum absolute atomic E-state index is 13.5. The van der Waals surface area contributed by atoms with Crippen LogP contribution in [0, 0.1) is 5.82 Å². The number of hydrogen-bond donors (Lipinski definition) is 1. The van der Waals surface area contributed by atoms with Crippen molar-refractivity contribution < 1.29 is 26.6 Å². The third-order valence-electron chi connectivity index (χ3n) is 2.72. The van der Waals surface area contributed by atoms with Gasteiger partial charge in [0.2, 0.25) is 5.91 Å². The van der Waals surface area contributed by atoms with Crippen molar-refractivity contribution in [3.8, 4) is 5.75 Å². The molecule has 0 spiro atoms. The molecule has 1 aliphatic heterocycles. The molecule has 98 valence electrons. The molecule has 1 heterocycles. The number of hydrogen-bond acceptors (Lipinski definition) is 4. The zero-order chi connectivity index (χ0) is 13.5. The van der Waals surface area contributed by atoms with Crippen molar-refractivity contribution >= 4 is 21.8 Å². The van der Waals surface area contributed by atoms with Gasteiger partial charge in [0.05, 0.1) is 0 Å². The van der Waals surface area contributed by atoms with Crippen molar-refractivity contribution in [1.29, 1.82) is 0 Å². The van der Waals surface area contributed by atoms with Gasteiger partial charge in [0.25, 0.3) is 0 Å². The van der Waals surface area contributed by atoms with Crippen LogP contribution in [0.15, 0.2) is 18.2 Å². The monoisotopic (exact) mass is 277 g/mol. The summed E-state index contributed by atoms with van der Waals surface area (Å²) in [7, 11) is -4.87. The van der Waals surface area contributed by atoms with Crippen LogP contribution in [0.5, 0.6) is 5.75 Å². The average Bonchev–Trinajstić information content (AvgIpc) is 2.60. The van der Waals surface area contributed by atoms with Gasteiger partial charge >= 0.3 is 10.2 Å². The highest BCUT2D eigenvalue weighted by molar-refractivity contribution is 7.87. The summed E-state index contributed by atoms with van der Waals surface area (Å²) in [6.07, 6.45) is -0.563. The van der Waals surface area contributed by atoms with Gasteiger partial charge in [0.1, 0.15) is 16.7 Å². The maximum atomic E-state index is 13.5. The van der Waals surface area contributed by atoms with Gasteiger partial charge in [-0.25, -0.2) is 4.39 Å². The molecule has 0 saturated carbocycles. The van der Waals surface area contributed by atoms with Gasteiger partial charge in [-0.05, 0) is 12.1 Å². The second-order valence-electron chi connectivity index (χ2n) is 3.91. The fraction of sp³-hybridized carbons (Fsp3) is 0.300. The SMILES string of the molecule is O=C1CC(S(=O)(=O)F)CN1c1c(O)cccc1F. The number of aromatic hydroxyl groups is 1. The molecule has 1 saturated heterocycles. The van der Waals surface area contributed by atoms with E-state index >= 15 is 0 Å². The summed E-state index contributed by atoms with van der Waals surface area (Å²) in [6.45, 7) is -0.508. The number of carbonyl (C=O) groups excluding carboxylic acids is 1. The van der Waals surface area contributed by atoms with Crippen LogP contribution in [-0.4, -0.2) is 31.2 Å². The average molecular weight is 277 g/mol. The van der Waals surface area contributed by atoms with Gasteiger partial charge in [0.15, 0.2) is 5.82 Å². The molecular formula is C10H9F2NO4S. The van der Waals surface area contributed by atoms with Gasteiger partial charge in [-0.3, -0.25) is 4.79 Å². The molecule has 1 unspecified atom stereocenters. The molecule has 8 heteroatoms. The first kappa shape index (κ1) is 12.7. The molecule has 0 radical (unpaired) electrons. The third-order valence-corrected chi connectivity index (χ3v) is 3.84. The lowest BCUT2D eigenvalue weighted by molar-refractivity contribution is -0.117. The highest BCUT2D eigenvalue weighted by atomic mass is 32.3. The van der Waals surface area contributed by atoms with Crippen LogP contribution in [-0.2, 0) is 15.0 Å². The Labute approximate surface area is 102 Å². The van der Waals surface area contributed by atoms with Crippen LogP contribution in [0.25, 0.3) is 0 Å². The van der Waals surface area contributed by atoms with Crippen LogP contribution in [0.2, 0.25) is 0 Å². The van der Waals surface area contributed by atoms with Crippen molar-refractivity contribution in [2.75, 3.05) is 11.4 Å². The second-order valence-corrected chi connectivity index (χ2v) is 5.53. The number of carbonyl (C=O) groups is 1.